The summed E-state index contributed by atoms with van der Waals surface area (Å²) in [6.07, 6.45) is 32.9. The van der Waals surface area contributed by atoms with Crippen LogP contribution >= 0.6 is 7.82 Å². The predicted molar refractivity (Wildman–Crippen MR) is 211 cm³/mol. The van der Waals surface area contributed by atoms with Crippen LogP contribution in [-0.4, -0.2) is 90.4 Å². The van der Waals surface area contributed by atoms with E-state index in [2.05, 4.69) is 18.4 Å². The molecule has 0 aromatic heterocycles. The van der Waals surface area contributed by atoms with Gasteiger partial charge < -0.3 is 34.3 Å². The average molecular weight is 770 g/mol. The van der Waals surface area contributed by atoms with Crippen LogP contribution in [0.15, 0.2) is 0 Å². The quantitative estimate of drug-likeness (QED) is 0.0241. The lowest BCUT2D eigenvalue weighted by Gasteiger charge is -2.23. The first-order valence-electron chi connectivity index (χ1n) is 20.8. The van der Waals surface area contributed by atoms with Gasteiger partial charge in [-0.15, -0.1) is 0 Å². The fraction of sp³-hybridized carbons (Fsp3) is 0.950. The summed E-state index contributed by atoms with van der Waals surface area (Å²) < 4.78 is 25.6. The molecule has 0 saturated heterocycles. The number of carbonyl (C=O) groups excluding carboxylic acids is 2. The number of aliphatic hydroxyl groups excluding tert-OH is 1. The van der Waals surface area contributed by atoms with E-state index in [0.29, 0.717) is 23.9 Å². The maximum atomic E-state index is 12.1. The number of hydrogen-bond donors (Lipinski definition) is 3. The van der Waals surface area contributed by atoms with Crippen LogP contribution in [0, 0.1) is 0 Å². The molecule has 0 radical (unpaired) electrons. The lowest BCUT2D eigenvalue weighted by molar-refractivity contribution is -0.870. The molecule has 12 heteroatoms. The van der Waals surface area contributed by atoms with Gasteiger partial charge in [-0.25, -0.2) is 4.57 Å². The smallest absolute Gasteiger partial charge is 0.469 e. The van der Waals surface area contributed by atoms with Crippen molar-refractivity contribution in [1.29, 1.82) is 0 Å². The van der Waals surface area contributed by atoms with Gasteiger partial charge in [-0.05, 0) is 12.8 Å². The van der Waals surface area contributed by atoms with E-state index < -0.39 is 13.9 Å². The van der Waals surface area contributed by atoms with Crippen LogP contribution in [0.3, 0.4) is 0 Å². The number of aliphatic hydroxyl groups is 1. The summed E-state index contributed by atoms with van der Waals surface area (Å²) in [5.41, 5.74) is 0. The Morgan fingerprint density at radius 3 is 1.21 bits per heavy atom. The van der Waals surface area contributed by atoms with Gasteiger partial charge in [-0.2, -0.15) is 0 Å². The highest BCUT2D eigenvalue weighted by molar-refractivity contribution is 7.46. The van der Waals surface area contributed by atoms with Gasteiger partial charge >= 0.3 is 19.8 Å². The molecule has 4 N–H and O–H groups in total. The number of carbonyl (C=O) groups is 2. The first-order chi connectivity index (χ1) is 24.3. The standard InChI is InChI=1S/C35H68O5.C5H14NO4P.H2O/c1-3-5-7-9-11-13-15-17-19-21-23-25-27-29-34(37)39-32-33(31-36)40-35(38)30-28-26-24-22-20-18-16-14-12-10-8-6-4-2;1-6(2,3)4-5-10-11(7,8)9;/h33,36H,3-32H2,1-2H3;4-5H2,1-3H3,(H-,7,8,9);1H2. The molecule has 0 fully saturated rings. The molecule has 0 saturated carbocycles. The van der Waals surface area contributed by atoms with Crippen molar-refractivity contribution in [3.05, 3.63) is 0 Å². The molecule has 314 valence electrons. The van der Waals surface area contributed by atoms with Gasteiger partial charge in [0.15, 0.2) is 6.10 Å². The Morgan fingerprint density at radius 1 is 0.577 bits per heavy atom. The highest BCUT2D eigenvalue weighted by Crippen LogP contribution is 2.35. The number of phosphoric acid groups is 1. The summed E-state index contributed by atoms with van der Waals surface area (Å²) in [6.45, 7) is 4.79. The summed E-state index contributed by atoms with van der Waals surface area (Å²) in [4.78, 5) is 40.7. The van der Waals surface area contributed by atoms with Gasteiger partial charge in [0.25, 0.3) is 0 Å². The molecule has 1 atom stereocenters. The second-order valence-electron chi connectivity index (χ2n) is 15.3. The Morgan fingerprint density at radius 2 is 0.904 bits per heavy atom. The van der Waals surface area contributed by atoms with Crippen molar-refractivity contribution in [2.24, 2.45) is 0 Å². The zero-order chi connectivity index (χ0) is 38.5. The van der Waals surface area contributed by atoms with Crippen LogP contribution in [-0.2, 0) is 28.2 Å². The second-order valence-corrected chi connectivity index (χ2v) is 16.5. The molecule has 0 heterocycles. The molecule has 1 unspecified atom stereocenters. The van der Waals surface area contributed by atoms with Crippen molar-refractivity contribution < 1.29 is 53.0 Å². The van der Waals surface area contributed by atoms with Crippen molar-refractivity contribution in [2.45, 2.75) is 200 Å². The van der Waals surface area contributed by atoms with Gasteiger partial charge in [-0.3, -0.25) is 14.1 Å². The number of likely N-dealkylation sites (N-methyl/N-ethyl adjacent to an activating group) is 1. The molecular weight excluding hydrogens is 685 g/mol. The fourth-order valence-electron chi connectivity index (χ4n) is 5.63. The highest BCUT2D eigenvalue weighted by Gasteiger charge is 2.17. The van der Waals surface area contributed by atoms with E-state index in [1.54, 1.807) is 0 Å². The van der Waals surface area contributed by atoms with Crippen LogP contribution < -0.4 is 0 Å². The van der Waals surface area contributed by atoms with Crippen LogP contribution in [0.2, 0.25) is 0 Å². The van der Waals surface area contributed by atoms with Crippen molar-refractivity contribution in [3.8, 4) is 0 Å². The number of rotatable bonds is 36. The van der Waals surface area contributed by atoms with Gasteiger partial charge in [0.05, 0.1) is 27.7 Å². The third-order valence-corrected chi connectivity index (χ3v) is 9.44. The van der Waals surface area contributed by atoms with E-state index in [0.717, 1.165) is 32.1 Å². The Labute approximate surface area is 319 Å². The minimum absolute atomic E-state index is 0. The minimum atomic E-state index is -4.26. The molecule has 11 nitrogen and oxygen atoms in total. The van der Waals surface area contributed by atoms with Gasteiger partial charge in [-0.1, -0.05) is 168 Å². The molecular formula is C40H84NO10P. The van der Waals surface area contributed by atoms with E-state index in [1.165, 1.54) is 135 Å². The fourth-order valence-corrected chi connectivity index (χ4v) is 5.95. The zero-order valence-corrected chi connectivity index (χ0v) is 35.2. The van der Waals surface area contributed by atoms with Crippen LogP contribution in [0.1, 0.15) is 194 Å². The third-order valence-electron chi connectivity index (χ3n) is 8.92. The number of phosphoric ester groups is 1. The lowest BCUT2D eigenvalue weighted by atomic mass is 10.0. The Kier molecular flexibility index (Phi) is 42.1. The Bertz CT molecular complexity index is 819. The average Bonchev–Trinajstić information content (AvgIpc) is 3.06. The number of nitrogens with zero attached hydrogens (tertiary/aromatic N) is 1. The summed E-state index contributed by atoms with van der Waals surface area (Å²) in [6, 6.07) is 0. The van der Waals surface area contributed by atoms with Crippen molar-refractivity contribution in [3.63, 3.8) is 0 Å². The number of quaternary nitrogens is 1. The van der Waals surface area contributed by atoms with Crippen LogP contribution in [0.25, 0.3) is 0 Å². The molecule has 0 aliphatic carbocycles. The van der Waals surface area contributed by atoms with E-state index in [4.69, 9.17) is 19.3 Å². The van der Waals surface area contributed by atoms with E-state index in [-0.39, 0.29) is 37.2 Å². The number of ether oxygens (including phenoxy) is 2. The van der Waals surface area contributed by atoms with Gasteiger partial charge in [0, 0.05) is 12.8 Å². The third kappa shape index (κ3) is 48.9. The SMILES string of the molecule is CCCCCCCCCCCCCCCC(=O)OCC(CO)OC(=O)CCCCCCCCCCCCCCC.C[N+](C)(C)CCOP(=O)(O)O.[OH-]. The first kappa shape index (κ1) is 55.3. The lowest BCUT2D eigenvalue weighted by Crippen LogP contribution is -2.37. The van der Waals surface area contributed by atoms with Crippen LogP contribution in [0.5, 0.6) is 0 Å². The van der Waals surface area contributed by atoms with Crippen molar-refractivity contribution in [1.82, 2.24) is 0 Å². The molecule has 0 bridgehead atoms. The number of esters is 2. The maximum absolute atomic E-state index is 12.1. The van der Waals surface area contributed by atoms with Crippen LogP contribution in [0.4, 0.5) is 0 Å². The summed E-state index contributed by atoms with van der Waals surface area (Å²) >= 11 is 0. The van der Waals surface area contributed by atoms with E-state index >= 15 is 0 Å². The first-order valence-corrected chi connectivity index (χ1v) is 22.3. The Hall–Kier alpha value is -1.07. The predicted octanol–water partition coefficient (Wildman–Crippen LogP) is 10.0. The monoisotopic (exact) mass is 770 g/mol. The van der Waals surface area contributed by atoms with E-state index in [1.807, 2.05) is 21.1 Å². The van der Waals surface area contributed by atoms with E-state index in [9.17, 15) is 19.3 Å². The summed E-state index contributed by atoms with van der Waals surface area (Å²) in [5.74, 6) is -0.580. The maximum Gasteiger partial charge on any atom is 0.469 e. The Balaban J connectivity index is -0.00000171. The normalized spacial score (nSPS) is 12.1. The zero-order valence-electron chi connectivity index (χ0n) is 34.3. The second kappa shape index (κ2) is 39.6. The topological polar surface area (TPSA) is 170 Å². The molecule has 0 aliphatic rings. The highest BCUT2D eigenvalue weighted by atomic mass is 31.2. The summed E-state index contributed by atoms with van der Waals surface area (Å²) in [7, 11) is 1.50. The molecule has 0 aromatic rings. The largest absolute Gasteiger partial charge is 0.870 e. The molecule has 0 aromatic carbocycles. The number of unbranched alkanes of at least 4 members (excludes halogenated alkanes) is 24. The van der Waals surface area contributed by atoms with Gasteiger partial charge in [0.1, 0.15) is 19.8 Å². The minimum Gasteiger partial charge on any atom is -0.870 e. The van der Waals surface area contributed by atoms with Crippen molar-refractivity contribution >= 4 is 19.8 Å². The molecule has 0 amide bonds. The molecule has 0 rings (SSSR count). The van der Waals surface area contributed by atoms with Gasteiger partial charge in [0.2, 0.25) is 0 Å². The molecule has 0 spiro atoms. The number of hydrogen-bond acceptors (Lipinski definition) is 8. The summed E-state index contributed by atoms with van der Waals surface area (Å²) in [5, 5.41) is 9.50. The molecule has 52 heavy (non-hydrogen) atoms. The van der Waals surface area contributed by atoms with Crippen molar-refractivity contribution in [2.75, 3.05) is 47.5 Å². The molecule has 0 aliphatic heterocycles.